The number of para-hydroxylation sites is 1. The second-order valence-electron chi connectivity index (χ2n) is 5.05. The summed E-state index contributed by atoms with van der Waals surface area (Å²) in [5.41, 5.74) is 0.940. The Hall–Kier alpha value is -2.08. The van der Waals surface area contributed by atoms with E-state index in [9.17, 15) is 9.59 Å². The lowest BCUT2D eigenvalue weighted by molar-refractivity contribution is -0.159. The molecule has 2 heterocycles. The monoisotopic (exact) mass is 276 g/mol. The Morgan fingerprint density at radius 2 is 2.10 bits per heavy atom. The third kappa shape index (κ3) is 1.76. The summed E-state index contributed by atoms with van der Waals surface area (Å²) in [4.78, 5) is 23.2. The van der Waals surface area contributed by atoms with E-state index in [1.807, 2.05) is 24.3 Å². The molecular weight excluding hydrogens is 260 g/mol. The number of rotatable bonds is 2. The summed E-state index contributed by atoms with van der Waals surface area (Å²) in [6, 6.07) is 7.14. The number of benzene rings is 1. The molecule has 3 rings (SSSR count). The normalized spacial score (nSPS) is 30.1. The summed E-state index contributed by atoms with van der Waals surface area (Å²) < 4.78 is 10.4. The molecule has 6 heteroatoms. The Labute approximate surface area is 116 Å². The van der Waals surface area contributed by atoms with Crippen LogP contribution in [-0.4, -0.2) is 31.3 Å². The van der Waals surface area contributed by atoms with Gasteiger partial charge in [-0.3, -0.25) is 14.9 Å². The zero-order valence-electron chi connectivity index (χ0n) is 11.3. The van der Waals surface area contributed by atoms with E-state index in [1.54, 1.807) is 0 Å². The average molecular weight is 276 g/mol. The quantitative estimate of drug-likeness (QED) is 0.776. The van der Waals surface area contributed by atoms with Crippen molar-refractivity contribution in [2.45, 2.75) is 31.2 Å². The second-order valence-corrected chi connectivity index (χ2v) is 5.05. The van der Waals surface area contributed by atoms with Gasteiger partial charge in [0.2, 0.25) is 0 Å². The van der Waals surface area contributed by atoms with E-state index >= 15 is 0 Å². The third-order valence-electron chi connectivity index (χ3n) is 3.84. The highest BCUT2D eigenvalue weighted by Crippen LogP contribution is 2.47. The lowest BCUT2D eigenvalue weighted by atomic mass is 9.90. The molecule has 2 aliphatic rings. The fourth-order valence-corrected chi connectivity index (χ4v) is 3.08. The van der Waals surface area contributed by atoms with Gasteiger partial charge in [-0.1, -0.05) is 18.2 Å². The number of carbonyl (C=O) groups excluding carboxylic acids is 2. The number of methoxy groups -OCH3 is 1. The zero-order valence-corrected chi connectivity index (χ0v) is 11.3. The predicted octanol–water partition coefficient (Wildman–Crippen LogP) is 0.731. The molecular formula is C14H16N2O4. The van der Waals surface area contributed by atoms with Crippen molar-refractivity contribution in [3.63, 3.8) is 0 Å². The van der Waals surface area contributed by atoms with Crippen molar-refractivity contribution in [2.24, 2.45) is 0 Å². The smallest absolute Gasteiger partial charge is 0.323 e. The van der Waals surface area contributed by atoms with Crippen LogP contribution < -0.4 is 10.6 Å². The van der Waals surface area contributed by atoms with E-state index in [2.05, 4.69) is 10.6 Å². The minimum absolute atomic E-state index is 0.326. The Morgan fingerprint density at radius 3 is 2.80 bits per heavy atom. The molecule has 0 aliphatic carbocycles. The van der Waals surface area contributed by atoms with Gasteiger partial charge in [-0.05, 0) is 6.07 Å². The highest BCUT2D eigenvalue weighted by molar-refractivity contribution is 5.78. The minimum atomic E-state index is -0.860. The molecule has 0 unspecified atom stereocenters. The van der Waals surface area contributed by atoms with Gasteiger partial charge in [0.1, 0.15) is 12.2 Å². The molecule has 3 atom stereocenters. The molecule has 0 spiro atoms. The van der Waals surface area contributed by atoms with Gasteiger partial charge in [0.05, 0.1) is 7.11 Å². The van der Waals surface area contributed by atoms with Crippen molar-refractivity contribution in [3.05, 3.63) is 29.8 Å². The van der Waals surface area contributed by atoms with Crippen LogP contribution in [0, 0.1) is 0 Å². The lowest BCUT2D eigenvalue weighted by Gasteiger charge is -2.28. The first-order chi connectivity index (χ1) is 9.56. The highest BCUT2D eigenvalue weighted by atomic mass is 16.6. The van der Waals surface area contributed by atoms with E-state index in [-0.39, 0.29) is 18.1 Å². The Bertz CT molecular complexity index is 574. The number of nitrogens with one attached hydrogen (secondary N) is 2. The molecule has 0 radical (unpaired) electrons. The summed E-state index contributed by atoms with van der Waals surface area (Å²) >= 11 is 0. The molecule has 106 valence electrons. The number of anilines is 1. The van der Waals surface area contributed by atoms with Gasteiger partial charge in [0, 0.05) is 24.6 Å². The van der Waals surface area contributed by atoms with Crippen molar-refractivity contribution >= 4 is 17.6 Å². The molecule has 6 nitrogen and oxygen atoms in total. The third-order valence-corrected chi connectivity index (χ3v) is 3.84. The van der Waals surface area contributed by atoms with Crippen LogP contribution in [0.15, 0.2) is 24.3 Å². The van der Waals surface area contributed by atoms with E-state index in [0.717, 1.165) is 11.3 Å². The van der Waals surface area contributed by atoms with Gasteiger partial charge in [-0.15, -0.1) is 0 Å². The zero-order chi connectivity index (χ0) is 14.3. The van der Waals surface area contributed by atoms with E-state index in [1.165, 1.54) is 14.0 Å². The molecule has 1 aromatic carbocycles. The number of carbonyl (C=O) groups is 2. The summed E-state index contributed by atoms with van der Waals surface area (Å²) in [7, 11) is 1.35. The van der Waals surface area contributed by atoms with Gasteiger partial charge in [-0.25, -0.2) is 0 Å². The van der Waals surface area contributed by atoms with Crippen molar-refractivity contribution in [3.8, 4) is 0 Å². The number of esters is 2. The molecule has 1 saturated heterocycles. The molecule has 0 aromatic heterocycles. The highest BCUT2D eigenvalue weighted by Gasteiger charge is 2.58. The van der Waals surface area contributed by atoms with Gasteiger partial charge in [0.15, 0.2) is 5.60 Å². The van der Waals surface area contributed by atoms with Crippen LogP contribution in [0.3, 0.4) is 0 Å². The van der Waals surface area contributed by atoms with Crippen LogP contribution in [-0.2, 0) is 24.7 Å². The average Bonchev–Trinajstić information content (AvgIpc) is 2.89. The molecule has 1 aromatic rings. The lowest BCUT2D eigenvalue weighted by Crippen LogP contribution is -2.44. The topological polar surface area (TPSA) is 76.7 Å². The summed E-state index contributed by atoms with van der Waals surface area (Å²) in [6.45, 7) is 1.37. The SMILES string of the molecule is COC(=O)[C@@H]1C[C@@]2(OC(C)=O)c3ccccc3N[C@H]2N1. The van der Waals surface area contributed by atoms with Gasteiger partial charge < -0.3 is 14.8 Å². The molecule has 0 saturated carbocycles. The maximum Gasteiger partial charge on any atom is 0.323 e. The Balaban J connectivity index is 2.01. The number of hydrogen-bond acceptors (Lipinski definition) is 6. The van der Waals surface area contributed by atoms with Gasteiger partial charge in [0.25, 0.3) is 0 Å². The van der Waals surface area contributed by atoms with Crippen molar-refractivity contribution in [1.82, 2.24) is 5.32 Å². The number of fused-ring (bicyclic) bond motifs is 3. The fraction of sp³-hybridized carbons (Fsp3) is 0.429. The molecule has 0 bridgehead atoms. The Kier molecular flexibility index (Phi) is 2.90. The fourth-order valence-electron chi connectivity index (χ4n) is 3.08. The molecule has 20 heavy (non-hydrogen) atoms. The summed E-state index contributed by atoms with van der Waals surface area (Å²) in [5, 5.41) is 6.39. The van der Waals surface area contributed by atoms with E-state index in [0.29, 0.717) is 6.42 Å². The second kappa shape index (κ2) is 4.49. The van der Waals surface area contributed by atoms with Gasteiger partial charge in [-0.2, -0.15) is 0 Å². The Morgan fingerprint density at radius 1 is 1.35 bits per heavy atom. The standard InChI is InChI=1S/C14H16N2O4/c1-8(17)20-14-7-11(12(18)19-2)16-13(14)15-10-6-4-3-5-9(10)14/h3-6,11,13,15-16H,7H2,1-2H3/t11-,13-,14+/m0/s1. The van der Waals surface area contributed by atoms with Crippen LogP contribution in [0.1, 0.15) is 18.9 Å². The van der Waals surface area contributed by atoms with Crippen molar-refractivity contribution in [2.75, 3.05) is 12.4 Å². The van der Waals surface area contributed by atoms with Crippen LogP contribution in [0.5, 0.6) is 0 Å². The molecule has 1 fully saturated rings. The summed E-state index contributed by atoms with van der Waals surface area (Å²) in [5.74, 6) is -0.731. The largest absolute Gasteiger partial charge is 0.468 e. The first-order valence-electron chi connectivity index (χ1n) is 6.46. The van der Waals surface area contributed by atoms with Gasteiger partial charge >= 0.3 is 11.9 Å². The first kappa shape index (κ1) is 12.9. The number of hydrogen-bond donors (Lipinski definition) is 2. The number of ether oxygens (including phenoxy) is 2. The molecule has 2 N–H and O–H groups in total. The molecule has 2 aliphatic heterocycles. The van der Waals surface area contributed by atoms with Crippen LogP contribution in [0.2, 0.25) is 0 Å². The van der Waals surface area contributed by atoms with Crippen LogP contribution in [0.25, 0.3) is 0 Å². The van der Waals surface area contributed by atoms with E-state index < -0.39 is 11.6 Å². The van der Waals surface area contributed by atoms with Crippen LogP contribution >= 0.6 is 0 Å². The van der Waals surface area contributed by atoms with Crippen LogP contribution in [0.4, 0.5) is 5.69 Å². The maximum absolute atomic E-state index is 11.7. The van der Waals surface area contributed by atoms with E-state index in [4.69, 9.17) is 9.47 Å². The van der Waals surface area contributed by atoms with Crippen molar-refractivity contribution < 1.29 is 19.1 Å². The maximum atomic E-state index is 11.7. The first-order valence-corrected chi connectivity index (χ1v) is 6.46. The van der Waals surface area contributed by atoms with Crippen molar-refractivity contribution in [1.29, 1.82) is 0 Å². The minimum Gasteiger partial charge on any atom is -0.468 e. The molecule has 0 amide bonds. The predicted molar refractivity (Wildman–Crippen MR) is 70.9 cm³/mol. The summed E-state index contributed by atoms with van der Waals surface area (Å²) in [6.07, 6.45) is 0.0291.